The quantitative estimate of drug-likeness (QED) is 0.928. The number of hydrogen-bond donors (Lipinski definition) is 1. The second-order valence-electron chi connectivity index (χ2n) is 4.15. The Kier molecular flexibility index (Phi) is 3.50. The average Bonchev–Trinajstić information content (AvgIpc) is 2.77. The van der Waals surface area contributed by atoms with Gasteiger partial charge >= 0.3 is 0 Å². The number of aliphatic hydroxyl groups is 1. The van der Waals surface area contributed by atoms with Crippen molar-refractivity contribution in [1.29, 1.82) is 0 Å². The number of aliphatic hydroxyl groups excluding tert-OH is 1. The maximum Gasteiger partial charge on any atom is 0.0629 e. The fourth-order valence-electron chi connectivity index (χ4n) is 2.09. The van der Waals surface area contributed by atoms with E-state index in [-0.39, 0.29) is 18.1 Å². The van der Waals surface area contributed by atoms with E-state index >= 15 is 0 Å². The predicted octanol–water partition coefficient (Wildman–Crippen LogP) is 2.84. The molecule has 2 nitrogen and oxygen atoms in total. The number of halogens is 1. The summed E-state index contributed by atoms with van der Waals surface area (Å²) >= 11 is 5.27. The first-order chi connectivity index (χ1) is 7.18. The molecule has 0 radical (unpaired) electrons. The molecule has 1 N–H and O–H groups in total. The molecule has 0 aromatic carbocycles. The second kappa shape index (κ2) is 4.53. The third kappa shape index (κ3) is 2.13. The molecule has 2 rings (SSSR count). The average molecular weight is 291 g/mol. The number of rotatable bonds is 3. The molecule has 4 heteroatoms. The van der Waals surface area contributed by atoms with E-state index in [1.165, 1.54) is 4.88 Å². The van der Waals surface area contributed by atoms with Crippen LogP contribution < -0.4 is 0 Å². The van der Waals surface area contributed by atoms with Crippen molar-refractivity contribution in [1.82, 2.24) is 0 Å². The zero-order valence-corrected chi connectivity index (χ0v) is 11.1. The molecule has 0 saturated carbocycles. The number of thiophene rings is 1. The minimum absolute atomic E-state index is 0.0760. The molecule has 2 unspecified atom stereocenters. The monoisotopic (exact) mass is 290 g/mol. The summed E-state index contributed by atoms with van der Waals surface area (Å²) in [6.07, 6.45) is 2.01. The van der Waals surface area contributed by atoms with E-state index in [1.807, 2.05) is 0 Å². The summed E-state index contributed by atoms with van der Waals surface area (Å²) in [7, 11) is 0. The van der Waals surface area contributed by atoms with Gasteiger partial charge in [0.2, 0.25) is 0 Å². The zero-order valence-electron chi connectivity index (χ0n) is 8.70. The summed E-state index contributed by atoms with van der Waals surface area (Å²) < 4.78 is 6.73. The topological polar surface area (TPSA) is 29.5 Å². The molecule has 1 aromatic rings. The van der Waals surface area contributed by atoms with Gasteiger partial charge in [-0.25, -0.2) is 0 Å². The van der Waals surface area contributed by atoms with Gasteiger partial charge in [-0.1, -0.05) is 0 Å². The van der Waals surface area contributed by atoms with Crippen molar-refractivity contribution in [3.63, 3.8) is 0 Å². The molecule has 1 aromatic heterocycles. The molecule has 1 fully saturated rings. The zero-order chi connectivity index (χ0) is 10.9. The first-order valence-electron chi connectivity index (χ1n) is 5.12. The molecule has 2 heterocycles. The Hall–Kier alpha value is 0.100. The van der Waals surface area contributed by atoms with Crippen molar-refractivity contribution in [2.75, 3.05) is 13.2 Å². The van der Waals surface area contributed by atoms with Gasteiger partial charge in [-0.15, -0.1) is 11.3 Å². The summed E-state index contributed by atoms with van der Waals surface area (Å²) in [6.45, 7) is 3.04. The highest BCUT2D eigenvalue weighted by molar-refractivity contribution is 9.10. The van der Waals surface area contributed by atoms with Crippen LogP contribution in [-0.4, -0.2) is 24.4 Å². The Morgan fingerprint density at radius 3 is 3.00 bits per heavy atom. The van der Waals surface area contributed by atoms with Gasteiger partial charge in [-0.3, -0.25) is 0 Å². The van der Waals surface area contributed by atoms with Crippen LogP contribution >= 0.6 is 27.3 Å². The molecule has 0 amide bonds. The van der Waals surface area contributed by atoms with Crippen molar-refractivity contribution < 1.29 is 9.84 Å². The molecule has 0 bridgehead atoms. The molecular weight excluding hydrogens is 276 g/mol. The molecule has 15 heavy (non-hydrogen) atoms. The van der Waals surface area contributed by atoms with Crippen molar-refractivity contribution in [3.8, 4) is 0 Å². The smallest absolute Gasteiger partial charge is 0.0629 e. The van der Waals surface area contributed by atoms with Gasteiger partial charge in [-0.2, -0.15) is 0 Å². The molecule has 2 atom stereocenters. The second-order valence-corrected chi connectivity index (χ2v) is 6.01. The minimum Gasteiger partial charge on any atom is -0.396 e. The molecule has 0 spiro atoms. The molecule has 1 aliphatic heterocycles. The van der Waals surface area contributed by atoms with Crippen molar-refractivity contribution in [2.24, 2.45) is 5.41 Å². The molecule has 0 aliphatic carbocycles. The molecule has 84 valence electrons. The van der Waals surface area contributed by atoms with Crippen LogP contribution in [0.2, 0.25) is 0 Å². The van der Waals surface area contributed by atoms with E-state index in [1.54, 1.807) is 11.3 Å². The fraction of sp³-hybridized carbons (Fsp3) is 0.636. The Bertz CT molecular complexity index is 339. The summed E-state index contributed by atoms with van der Waals surface area (Å²) in [6, 6.07) is 2.06. The largest absolute Gasteiger partial charge is 0.396 e. The summed E-state index contributed by atoms with van der Waals surface area (Å²) in [4.78, 5) is 1.31. The van der Waals surface area contributed by atoms with E-state index in [0.29, 0.717) is 0 Å². The Labute approximate surface area is 102 Å². The van der Waals surface area contributed by atoms with Crippen LogP contribution in [0.15, 0.2) is 15.9 Å². The van der Waals surface area contributed by atoms with Gasteiger partial charge in [-0.05, 0) is 47.1 Å². The lowest BCUT2D eigenvalue weighted by atomic mass is 9.79. The lowest BCUT2D eigenvalue weighted by Crippen LogP contribution is -2.34. The van der Waals surface area contributed by atoms with Crippen molar-refractivity contribution in [3.05, 3.63) is 20.8 Å². The third-order valence-electron chi connectivity index (χ3n) is 3.35. The van der Waals surface area contributed by atoms with Crippen molar-refractivity contribution in [2.45, 2.75) is 25.9 Å². The summed E-state index contributed by atoms with van der Waals surface area (Å²) in [5.41, 5.74) is -0.0760. The Morgan fingerprint density at radius 1 is 1.73 bits per heavy atom. The van der Waals surface area contributed by atoms with Crippen LogP contribution in [-0.2, 0) is 11.2 Å². The van der Waals surface area contributed by atoms with E-state index in [4.69, 9.17) is 4.74 Å². The third-order valence-corrected chi connectivity index (χ3v) is 5.28. The van der Waals surface area contributed by atoms with E-state index < -0.39 is 0 Å². The summed E-state index contributed by atoms with van der Waals surface area (Å²) in [5, 5.41) is 11.7. The highest BCUT2D eigenvalue weighted by atomic mass is 79.9. The van der Waals surface area contributed by atoms with Gasteiger partial charge in [0.05, 0.1) is 12.7 Å². The predicted molar refractivity (Wildman–Crippen MR) is 65.3 cm³/mol. The first-order valence-corrected chi connectivity index (χ1v) is 6.79. The highest BCUT2D eigenvalue weighted by Crippen LogP contribution is 2.40. The molecular formula is C11H15BrO2S. The fourth-order valence-corrected chi connectivity index (χ4v) is 3.73. The SMILES string of the molecule is CC1OCCC1(CO)Cc1sccc1Br. The molecule has 1 saturated heterocycles. The van der Waals surface area contributed by atoms with Gasteiger partial charge in [0.1, 0.15) is 0 Å². The standard InChI is InChI=1S/C11H15BrO2S/c1-8-11(7-13,3-4-14-8)6-10-9(12)2-5-15-10/h2,5,8,13H,3-4,6-7H2,1H3. The van der Waals surface area contributed by atoms with E-state index in [0.717, 1.165) is 23.9 Å². The maximum atomic E-state index is 9.59. The van der Waals surface area contributed by atoms with Crippen LogP contribution in [0.1, 0.15) is 18.2 Å². The van der Waals surface area contributed by atoms with E-state index in [9.17, 15) is 5.11 Å². The van der Waals surface area contributed by atoms with E-state index in [2.05, 4.69) is 34.3 Å². The van der Waals surface area contributed by atoms with Gasteiger partial charge < -0.3 is 9.84 Å². The molecule has 1 aliphatic rings. The maximum absolute atomic E-state index is 9.59. The highest BCUT2D eigenvalue weighted by Gasteiger charge is 2.41. The van der Waals surface area contributed by atoms with Crippen molar-refractivity contribution >= 4 is 27.3 Å². The van der Waals surface area contributed by atoms with Crippen LogP contribution in [0.4, 0.5) is 0 Å². The lowest BCUT2D eigenvalue weighted by molar-refractivity contribution is 0.0276. The first kappa shape index (κ1) is 11.6. The summed E-state index contributed by atoms with van der Waals surface area (Å²) in [5.74, 6) is 0. The Balaban J connectivity index is 2.18. The lowest BCUT2D eigenvalue weighted by Gasteiger charge is -2.29. The van der Waals surface area contributed by atoms with Gasteiger partial charge in [0.25, 0.3) is 0 Å². The normalized spacial score (nSPS) is 31.0. The van der Waals surface area contributed by atoms with Crippen LogP contribution in [0.3, 0.4) is 0 Å². The minimum atomic E-state index is -0.0760. The van der Waals surface area contributed by atoms with Gasteiger partial charge in [0, 0.05) is 21.4 Å². The van der Waals surface area contributed by atoms with Gasteiger partial charge in [0.15, 0.2) is 0 Å². The number of hydrogen-bond acceptors (Lipinski definition) is 3. The number of ether oxygens (including phenoxy) is 1. The Morgan fingerprint density at radius 2 is 2.53 bits per heavy atom. The van der Waals surface area contributed by atoms with Crippen LogP contribution in [0.5, 0.6) is 0 Å². The van der Waals surface area contributed by atoms with Crippen LogP contribution in [0.25, 0.3) is 0 Å². The van der Waals surface area contributed by atoms with Crippen LogP contribution in [0, 0.1) is 5.41 Å².